The molecule has 2 aromatic carbocycles. The van der Waals surface area contributed by atoms with E-state index in [0.717, 1.165) is 17.1 Å². The van der Waals surface area contributed by atoms with Crippen LogP contribution in [-0.2, 0) is 27.8 Å². The minimum Gasteiger partial charge on any atom is -0.487 e. The lowest BCUT2D eigenvalue weighted by Gasteiger charge is -2.14. The Morgan fingerprint density at radius 2 is 1.90 bits per heavy atom. The molecule has 0 radical (unpaired) electrons. The summed E-state index contributed by atoms with van der Waals surface area (Å²) >= 11 is 0. The van der Waals surface area contributed by atoms with Crippen molar-refractivity contribution in [3.8, 4) is 16.9 Å². The van der Waals surface area contributed by atoms with Crippen LogP contribution in [0.2, 0.25) is 0 Å². The van der Waals surface area contributed by atoms with Gasteiger partial charge in [-0.15, -0.1) is 0 Å². The Balaban J connectivity index is 1.73. The standard InChI is InChI=1S/C29H31FN4O5S/c1-18(2)34-25-11-10-19(21-12-13-31-23(28(21)30)16-32-40(37,38)29(3,4)5)14-22(25)24(33-34)17-39-26-9-7-6-8-20(26)15-27(35)36/h6-14,16,18H,15,17H2,1-5H3,(H,35,36). The van der Waals surface area contributed by atoms with Crippen molar-refractivity contribution in [1.82, 2.24) is 14.8 Å². The van der Waals surface area contributed by atoms with Crippen LogP contribution >= 0.6 is 0 Å². The molecule has 2 heterocycles. The molecule has 0 saturated heterocycles. The molecule has 2 aromatic heterocycles. The van der Waals surface area contributed by atoms with E-state index in [-0.39, 0.29) is 30.3 Å². The van der Waals surface area contributed by atoms with Gasteiger partial charge in [0, 0.05) is 28.8 Å². The van der Waals surface area contributed by atoms with Gasteiger partial charge in [0.25, 0.3) is 10.0 Å². The second-order valence-electron chi connectivity index (χ2n) is 10.6. The van der Waals surface area contributed by atoms with Crippen LogP contribution in [0, 0.1) is 5.82 Å². The molecule has 0 bridgehead atoms. The number of pyridine rings is 1. The fraction of sp³-hybridized carbons (Fsp3) is 0.310. The first-order chi connectivity index (χ1) is 18.8. The Kier molecular flexibility index (Phi) is 8.06. The molecule has 4 rings (SSSR count). The van der Waals surface area contributed by atoms with Gasteiger partial charge in [0.05, 0.1) is 22.9 Å². The Morgan fingerprint density at radius 1 is 1.18 bits per heavy atom. The summed E-state index contributed by atoms with van der Waals surface area (Å²) in [5, 5.41) is 14.7. The number of carboxylic acid groups (broad SMARTS) is 1. The summed E-state index contributed by atoms with van der Waals surface area (Å²) < 4.78 is 50.6. The molecule has 1 N–H and O–H groups in total. The van der Waals surface area contributed by atoms with Gasteiger partial charge in [-0.3, -0.25) is 14.5 Å². The average molecular weight is 567 g/mol. The number of sulfonamides is 1. The number of fused-ring (bicyclic) bond motifs is 1. The molecule has 4 aromatic rings. The summed E-state index contributed by atoms with van der Waals surface area (Å²) in [5.41, 5.74) is 2.54. The van der Waals surface area contributed by atoms with E-state index in [2.05, 4.69) is 9.38 Å². The number of rotatable bonds is 9. The normalized spacial score (nSPS) is 12.5. The molecule has 9 nitrogen and oxygen atoms in total. The molecule has 0 aliphatic carbocycles. The number of ether oxygens (including phenoxy) is 1. The van der Waals surface area contributed by atoms with Gasteiger partial charge < -0.3 is 9.84 Å². The second kappa shape index (κ2) is 11.2. The van der Waals surface area contributed by atoms with Gasteiger partial charge in [-0.1, -0.05) is 24.3 Å². The number of carbonyl (C=O) groups is 1. The van der Waals surface area contributed by atoms with Crippen LogP contribution in [0.5, 0.6) is 5.75 Å². The molecule has 0 saturated carbocycles. The Bertz CT molecular complexity index is 1710. The molecule has 0 amide bonds. The van der Waals surface area contributed by atoms with Gasteiger partial charge in [0.2, 0.25) is 0 Å². The highest BCUT2D eigenvalue weighted by atomic mass is 32.2. The van der Waals surface area contributed by atoms with E-state index >= 15 is 4.39 Å². The van der Waals surface area contributed by atoms with Crippen LogP contribution in [0.3, 0.4) is 0 Å². The molecule has 0 spiro atoms. The number of aromatic nitrogens is 3. The topological polar surface area (TPSA) is 124 Å². The van der Waals surface area contributed by atoms with E-state index in [4.69, 9.17) is 9.84 Å². The zero-order valence-corrected chi connectivity index (χ0v) is 23.7. The molecule has 11 heteroatoms. The van der Waals surface area contributed by atoms with Crippen LogP contribution < -0.4 is 4.74 Å². The molecule has 0 fully saturated rings. The number of benzene rings is 2. The smallest absolute Gasteiger partial charge is 0.307 e. The Morgan fingerprint density at radius 3 is 2.58 bits per heavy atom. The zero-order chi connectivity index (χ0) is 29.2. The van der Waals surface area contributed by atoms with Crippen molar-refractivity contribution in [1.29, 1.82) is 0 Å². The number of para-hydroxylation sites is 1. The van der Waals surface area contributed by atoms with Gasteiger partial charge in [0.1, 0.15) is 23.7 Å². The average Bonchev–Trinajstić information content (AvgIpc) is 3.25. The SMILES string of the molecule is CC(C)n1nc(COc2ccccc2CC(=O)O)c2cc(-c3ccnc(C=NS(=O)(=O)C(C)(C)C)c3F)ccc21. The Labute approximate surface area is 232 Å². The molecule has 210 valence electrons. The highest BCUT2D eigenvalue weighted by Crippen LogP contribution is 2.31. The third-order valence-electron chi connectivity index (χ3n) is 6.27. The van der Waals surface area contributed by atoms with Gasteiger partial charge in [-0.25, -0.2) is 12.8 Å². The molecule has 0 aliphatic rings. The van der Waals surface area contributed by atoms with Crippen LogP contribution in [-0.4, -0.2) is 45.2 Å². The summed E-state index contributed by atoms with van der Waals surface area (Å²) in [7, 11) is -3.86. The highest BCUT2D eigenvalue weighted by molar-refractivity contribution is 7.91. The number of carboxylic acids is 1. The maximum absolute atomic E-state index is 15.5. The van der Waals surface area contributed by atoms with Crippen molar-refractivity contribution in [3.63, 3.8) is 0 Å². The lowest BCUT2D eigenvalue weighted by atomic mass is 10.0. The summed E-state index contributed by atoms with van der Waals surface area (Å²) in [6.45, 7) is 8.59. The Hall–Kier alpha value is -4.12. The first-order valence-electron chi connectivity index (χ1n) is 12.7. The van der Waals surface area contributed by atoms with Gasteiger partial charge in [-0.05, 0) is 64.4 Å². The van der Waals surface area contributed by atoms with Crippen molar-refractivity contribution in [3.05, 3.63) is 77.5 Å². The third kappa shape index (κ3) is 6.04. The summed E-state index contributed by atoms with van der Waals surface area (Å²) in [4.78, 5) is 15.2. The van der Waals surface area contributed by atoms with Crippen LogP contribution in [0.1, 0.15) is 57.6 Å². The highest BCUT2D eigenvalue weighted by Gasteiger charge is 2.28. The predicted octanol–water partition coefficient (Wildman–Crippen LogP) is 5.57. The van der Waals surface area contributed by atoms with Gasteiger partial charge in [0.15, 0.2) is 5.82 Å². The molecule has 0 atom stereocenters. The van der Waals surface area contributed by atoms with Crippen LogP contribution in [0.4, 0.5) is 4.39 Å². The minimum atomic E-state index is -3.86. The van der Waals surface area contributed by atoms with Crippen molar-refractivity contribution < 1.29 is 27.4 Å². The fourth-order valence-electron chi connectivity index (χ4n) is 4.02. The van der Waals surface area contributed by atoms with E-state index in [9.17, 15) is 18.3 Å². The number of aliphatic carboxylic acids is 1. The molecular weight excluding hydrogens is 535 g/mol. The van der Waals surface area contributed by atoms with Crippen molar-refractivity contribution in [2.45, 2.75) is 58.4 Å². The van der Waals surface area contributed by atoms with Crippen molar-refractivity contribution in [2.75, 3.05) is 0 Å². The first-order valence-corrected chi connectivity index (χ1v) is 14.1. The third-order valence-corrected chi connectivity index (χ3v) is 8.20. The molecule has 0 unspecified atom stereocenters. The van der Waals surface area contributed by atoms with Gasteiger partial charge >= 0.3 is 5.97 Å². The maximum Gasteiger partial charge on any atom is 0.307 e. The zero-order valence-electron chi connectivity index (χ0n) is 22.9. The second-order valence-corrected chi connectivity index (χ2v) is 12.9. The van der Waals surface area contributed by atoms with Crippen LogP contribution in [0.15, 0.2) is 59.1 Å². The van der Waals surface area contributed by atoms with E-state index < -0.39 is 26.6 Å². The summed E-state index contributed by atoms with van der Waals surface area (Å²) in [6, 6.07) is 13.9. The van der Waals surface area contributed by atoms with Crippen molar-refractivity contribution in [2.24, 2.45) is 4.40 Å². The quantitative estimate of drug-likeness (QED) is 0.263. The molecule has 40 heavy (non-hydrogen) atoms. The number of halogens is 1. The van der Waals surface area contributed by atoms with E-state index in [1.54, 1.807) is 36.4 Å². The molecule has 0 aliphatic heterocycles. The first kappa shape index (κ1) is 28.9. The largest absolute Gasteiger partial charge is 0.487 e. The fourth-order valence-corrected chi connectivity index (χ4v) is 4.58. The predicted molar refractivity (Wildman–Crippen MR) is 152 cm³/mol. The van der Waals surface area contributed by atoms with E-state index in [1.165, 1.54) is 33.0 Å². The summed E-state index contributed by atoms with van der Waals surface area (Å²) in [6.07, 6.45) is 2.16. The van der Waals surface area contributed by atoms with E-state index in [0.29, 0.717) is 22.6 Å². The molecular formula is C29H31FN4O5S. The number of hydrogen-bond acceptors (Lipinski definition) is 6. The van der Waals surface area contributed by atoms with Gasteiger partial charge in [-0.2, -0.15) is 9.50 Å². The minimum absolute atomic E-state index is 0.0339. The summed E-state index contributed by atoms with van der Waals surface area (Å²) in [5.74, 6) is -1.22. The van der Waals surface area contributed by atoms with Crippen LogP contribution in [0.25, 0.3) is 22.0 Å². The number of nitrogens with zero attached hydrogens (tertiary/aromatic N) is 4. The lowest BCUT2D eigenvalue weighted by molar-refractivity contribution is -0.136. The maximum atomic E-state index is 15.5. The number of hydrogen-bond donors (Lipinski definition) is 1. The monoisotopic (exact) mass is 566 g/mol. The lowest BCUT2D eigenvalue weighted by Crippen LogP contribution is -2.25. The van der Waals surface area contributed by atoms with E-state index in [1.807, 2.05) is 24.6 Å². The van der Waals surface area contributed by atoms with Crippen molar-refractivity contribution >= 4 is 33.1 Å².